The van der Waals surface area contributed by atoms with Crippen molar-refractivity contribution in [2.75, 3.05) is 13.7 Å². The lowest BCUT2D eigenvalue weighted by atomic mass is 10.1. The molecular formula is C10H17N3O. The smallest absolute Gasteiger partial charge is 0.115 e. The van der Waals surface area contributed by atoms with E-state index >= 15 is 0 Å². The highest BCUT2D eigenvalue weighted by molar-refractivity contribution is 4.98. The summed E-state index contributed by atoms with van der Waals surface area (Å²) in [6, 6.07) is 1.90. The van der Waals surface area contributed by atoms with Gasteiger partial charge in [0.15, 0.2) is 0 Å². The number of methoxy groups -OCH3 is 1. The van der Waals surface area contributed by atoms with Gasteiger partial charge in [0.1, 0.15) is 6.33 Å². The van der Waals surface area contributed by atoms with E-state index in [1.807, 2.05) is 6.07 Å². The fourth-order valence-electron chi connectivity index (χ4n) is 1.16. The fraction of sp³-hybridized carbons (Fsp3) is 0.600. The second-order valence-corrected chi connectivity index (χ2v) is 3.87. The van der Waals surface area contributed by atoms with Crippen LogP contribution in [0.2, 0.25) is 0 Å². The fourth-order valence-corrected chi connectivity index (χ4v) is 1.16. The van der Waals surface area contributed by atoms with Gasteiger partial charge >= 0.3 is 0 Å². The van der Waals surface area contributed by atoms with Gasteiger partial charge in [-0.2, -0.15) is 0 Å². The first-order valence-electron chi connectivity index (χ1n) is 4.63. The molecule has 0 aliphatic carbocycles. The van der Waals surface area contributed by atoms with Crippen LogP contribution < -0.4 is 5.32 Å². The third-order valence-electron chi connectivity index (χ3n) is 1.90. The number of nitrogens with one attached hydrogen (secondary N) is 1. The van der Waals surface area contributed by atoms with Crippen LogP contribution in [-0.2, 0) is 11.3 Å². The van der Waals surface area contributed by atoms with Gasteiger partial charge in [0.25, 0.3) is 0 Å². The van der Waals surface area contributed by atoms with Gasteiger partial charge in [-0.25, -0.2) is 9.97 Å². The topological polar surface area (TPSA) is 47.0 Å². The third-order valence-corrected chi connectivity index (χ3v) is 1.90. The van der Waals surface area contributed by atoms with Crippen molar-refractivity contribution in [3.05, 3.63) is 24.3 Å². The van der Waals surface area contributed by atoms with Crippen LogP contribution in [0.3, 0.4) is 0 Å². The number of ether oxygens (including phenoxy) is 1. The molecule has 1 rings (SSSR count). The molecule has 0 unspecified atom stereocenters. The summed E-state index contributed by atoms with van der Waals surface area (Å²) in [5, 5.41) is 3.36. The summed E-state index contributed by atoms with van der Waals surface area (Å²) in [5.41, 5.74) is 0.962. The minimum Gasteiger partial charge on any atom is -0.383 e. The predicted molar refractivity (Wildman–Crippen MR) is 54.8 cm³/mol. The first kappa shape index (κ1) is 11.1. The normalized spacial score (nSPS) is 11.6. The van der Waals surface area contributed by atoms with Crippen LogP contribution in [0, 0.1) is 0 Å². The van der Waals surface area contributed by atoms with E-state index in [0.717, 1.165) is 12.2 Å². The second kappa shape index (κ2) is 5.02. The Balaban J connectivity index is 2.40. The van der Waals surface area contributed by atoms with E-state index in [1.165, 1.54) is 0 Å². The van der Waals surface area contributed by atoms with Crippen molar-refractivity contribution in [3.8, 4) is 0 Å². The van der Waals surface area contributed by atoms with Gasteiger partial charge < -0.3 is 10.1 Å². The molecule has 0 aliphatic heterocycles. The van der Waals surface area contributed by atoms with Gasteiger partial charge in [-0.05, 0) is 19.9 Å². The monoisotopic (exact) mass is 195 g/mol. The standard InChI is InChI=1S/C10H17N3O/c1-10(2,7-14-3)13-6-9-4-5-11-8-12-9/h4-5,8,13H,6-7H2,1-3H3. The molecule has 0 amide bonds. The summed E-state index contributed by atoms with van der Waals surface area (Å²) < 4.78 is 5.10. The molecule has 1 aromatic rings. The number of nitrogens with zero attached hydrogens (tertiary/aromatic N) is 2. The molecule has 0 atom stereocenters. The summed E-state index contributed by atoms with van der Waals surface area (Å²) >= 11 is 0. The van der Waals surface area contributed by atoms with E-state index in [4.69, 9.17) is 4.74 Å². The first-order valence-corrected chi connectivity index (χ1v) is 4.63. The maximum atomic E-state index is 5.10. The summed E-state index contributed by atoms with van der Waals surface area (Å²) in [7, 11) is 1.70. The average Bonchev–Trinajstić information content (AvgIpc) is 2.17. The molecule has 0 aliphatic rings. The Kier molecular flexibility index (Phi) is 3.98. The number of hydrogen-bond acceptors (Lipinski definition) is 4. The molecular weight excluding hydrogens is 178 g/mol. The van der Waals surface area contributed by atoms with Crippen molar-refractivity contribution in [2.45, 2.75) is 25.9 Å². The molecule has 0 saturated heterocycles. The summed E-state index contributed by atoms with van der Waals surface area (Å²) in [4.78, 5) is 7.99. The molecule has 0 saturated carbocycles. The first-order chi connectivity index (χ1) is 6.64. The highest BCUT2D eigenvalue weighted by Crippen LogP contribution is 2.03. The van der Waals surface area contributed by atoms with Crippen LogP contribution in [0.4, 0.5) is 0 Å². The number of rotatable bonds is 5. The maximum Gasteiger partial charge on any atom is 0.115 e. The SMILES string of the molecule is COCC(C)(C)NCc1ccncn1. The van der Waals surface area contributed by atoms with E-state index < -0.39 is 0 Å². The summed E-state index contributed by atoms with van der Waals surface area (Å²) in [5.74, 6) is 0. The molecule has 0 bridgehead atoms. The number of aromatic nitrogens is 2. The van der Waals surface area contributed by atoms with Crippen LogP contribution in [0.25, 0.3) is 0 Å². The Morgan fingerprint density at radius 2 is 2.29 bits per heavy atom. The van der Waals surface area contributed by atoms with Gasteiger partial charge in [-0.15, -0.1) is 0 Å². The summed E-state index contributed by atoms with van der Waals surface area (Å²) in [6.07, 6.45) is 3.30. The van der Waals surface area contributed by atoms with Gasteiger partial charge in [-0.1, -0.05) is 0 Å². The third kappa shape index (κ3) is 3.81. The minimum absolute atomic E-state index is 0.0281. The largest absolute Gasteiger partial charge is 0.383 e. The quantitative estimate of drug-likeness (QED) is 0.761. The molecule has 78 valence electrons. The van der Waals surface area contributed by atoms with Crippen LogP contribution in [-0.4, -0.2) is 29.2 Å². The predicted octanol–water partition coefficient (Wildman–Crippen LogP) is 0.991. The van der Waals surface area contributed by atoms with Crippen molar-refractivity contribution in [3.63, 3.8) is 0 Å². The Morgan fingerprint density at radius 1 is 1.50 bits per heavy atom. The Morgan fingerprint density at radius 3 is 2.86 bits per heavy atom. The van der Waals surface area contributed by atoms with E-state index in [1.54, 1.807) is 19.6 Å². The lowest BCUT2D eigenvalue weighted by Gasteiger charge is -2.25. The molecule has 0 spiro atoms. The Labute approximate surface area is 84.7 Å². The second-order valence-electron chi connectivity index (χ2n) is 3.87. The van der Waals surface area contributed by atoms with E-state index in [0.29, 0.717) is 6.61 Å². The maximum absolute atomic E-state index is 5.10. The zero-order chi connectivity index (χ0) is 10.4. The minimum atomic E-state index is -0.0281. The van der Waals surface area contributed by atoms with Crippen molar-refractivity contribution >= 4 is 0 Å². The Bertz CT molecular complexity index is 261. The molecule has 4 heteroatoms. The highest BCUT2D eigenvalue weighted by Gasteiger charge is 2.16. The Hall–Kier alpha value is -1.00. The van der Waals surface area contributed by atoms with Crippen LogP contribution in [0.1, 0.15) is 19.5 Å². The van der Waals surface area contributed by atoms with Gasteiger partial charge in [-0.3, -0.25) is 0 Å². The zero-order valence-electron chi connectivity index (χ0n) is 8.95. The van der Waals surface area contributed by atoms with Crippen molar-refractivity contribution in [2.24, 2.45) is 0 Å². The zero-order valence-corrected chi connectivity index (χ0v) is 8.95. The number of hydrogen-bond donors (Lipinski definition) is 1. The molecule has 1 heterocycles. The molecule has 14 heavy (non-hydrogen) atoms. The van der Waals surface area contributed by atoms with Crippen LogP contribution in [0.5, 0.6) is 0 Å². The van der Waals surface area contributed by atoms with Gasteiger partial charge in [0.05, 0.1) is 12.3 Å². The van der Waals surface area contributed by atoms with Crippen LogP contribution in [0.15, 0.2) is 18.6 Å². The molecule has 0 fully saturated rings. The molecule has 0 aromatic carbocycles. The van der Waals surface area contributed by atoms with E-state index in [2.05, 4.69) is 29.1 Å². The molecule has 1 N–H and O–H groups in total. The van der Waals surface area contributed by atoms with Crippen molar-refractivity contribution in [1.82, 2.24) is 15.3 Å². The van der Waals surface area contributed by atoms with Crippen LogP contribution >= 0.6 is 0 Å². The molecule has 4 nitrogen and oxygen atoms in total. The van der Waals surface area contributed by atoms with Crippen molar-refractivity contribution < 1.29 is 4.74 Å². The average molecular weight is 195 g/mol. The van der Waals surface area contributed by atoms with E-state index in [9.17, 15) is 0 Å². The van der Waals surface area contributed by atoms with Crippen molar-refractivity contribution in [1.29, 1.82) is 0 Å². The lowest BCUT2D eigenvalue weighted by Crippen LogP contribution is -2.42. The van der Waals surface area contributed by atoms with Gasteiger partial charge in [0.2, 0.25) is 0 Å². The van der Waals surface area contributed by atoms with Gasteiger partial charge in [0, 0.05) is 25.4 Å². The van der Waals surface area contributed by atoms with E-state index in [-0.39, 0.29) is 5.54 Å². The summed E-state index contributed by atoms with van der Waals surface area (Å²) in [6.45, 7) is 5.60. The lowest BCUT2D eigenvalue weighted by molar-refractivity contribution is 0.127. The molecule has 1 aromatic heterocycles. The highest BCUT2D eigenvalue weighted by atomic mass is 16.5. The molecule has 0 radical (unpaired) electrons.